The summed E-state index contributed by atoms with van der Waals surface area (Å²) in [6.07, 6.45) is 3.12. The second-order valence-electron chi connectivity index (χ2n) is 2.52. The van der Waals surface area contributed by atoms with Gasteiger partial charge < -0.3 is 4.98 Å². The van der Waals surface area contributed by atoms with Gasteiger partial charge in [0.15, 0.2) is 11.4 Å². The predicted octanol–water partition coefficient (Wildman–Crippen LogP) is 1.16. The lowest BCUT2D eigenvalue weighted by molar-refractivity contribution is 0.101. The number of hydrogen-bond acceptors (Lipinski definition) is 3. The highest BCUT2D eigenvalue weighted by Gasteiger charge is 2.06. The third-order valence-electron chi connectivity index (χ3n) is 1.71. The van der Waals surface area contributed by atoms with Gasteiger partial charge in [-0.05, 0) is 13.0 Å². The van der Waals surface area contributed by atoms with Crippen LogP contribution < -0.4 is 0 Å². The van der Waals surface area contributed by atoms with Crippen molar-refractivity contribution >= 4 is 16.9 Å². The van der Waals surface area contributed by atoms with Gasteiger partial charge in [0.1, 0.15) is 0 Å². The normalized spacial score (nSPS) is 10.4. The number of aromatic amines is 1. The molecular weight excluding hydrogens is 154 g/mol. The van der Waals surface area contributed by atoms with E-state index in [2.05, 4.69) is 15.0 Å². The molecule has 0 unspecified atom stereocenters. The quantitative estimate of drug-likeness (QED) is 0.638. The van der Waals surface area contributed by atoms with Gasteiger partial charge in [0.2, 0.25) is 0 Å². The van der Waals surface area contributed by atoms with Crippen LogP contribution in [0.3, 0.4) is 0 Å². The van der Waals surface area contributed by atoms with E-state index in [0.717, 1.165) is 0 Å². The Morgan fingerprint density at radius 3 is 3.08 bits per heavy atom. The number of aromatic nitrogens is 3. The molecule has 60 valence electrons. The zero-order chi connectivity index (χ0) is 8.55. The lowest BCUT2D eigenvalue weighted by Crippen LogP contribution is -1.93. The molecule has 12 heavy (non-hydrogen) atoms. The number of imidazole rings is 1. The highest BCUT2D eigenvalue weighted by Crippen LogP contribution is 2.11. The Labute approximate surface area is 68.7 Å². The standard InChI is InChI=1S/C8H7N3O/c1-5(12)6-2-3-9-8-7(6)10-4-11-8/h2-4H,1H3,(H,9,10,11). The van der Waals surface area contributed by atoms with Crippen LogP contribution in [0.25, 0.3) is 11.2 Å². The fraction of sp³-hybridized carbons (Fsp3) is 0.125. The number of rotatable bonds is 1. The molecule has 0 aromatic carbocycles. The van der Waals surface area contributed by atoms with Crippen molar-refractivity contribution in [3.63, 3.8) is 0 Å². The summed E-state index contributed by atoms with van der Waals surface area (Å²) in [4.78, 5) is 21.9. The van der Waals surface area contributed by atoms with Gasteiger partial charge >= 0.3 is 0 Å². The van der Waals surface area contributed by atoms with E-state index in [1.165, 1.54) is 13.3 Å². The van der Waals surface area contributed by atoms with Crippen molar-refractivity contribution < 1.29 is 4.79 Å². The number of carbonyl (C=O) groups is 1. The van der Waals surface area contributed by atoms with Crippen molar-refractivity contribution in [3.8, 4) is 0 Å². The van der Waals surface area contributed by atoms with Gasteiger partial charge in [0.25, 0.3) is 0 Å². The van der Waals surface area contributed by atoms with Crippen molar-refractivity contribution in [1.82, 2.24) is 15.0 Å². The molecule has 0 aliphatic rings. The molecule has 0 bridgehead atoms. The second kappa shape index (κ2) is 2.41. The molecule has 0 saturated heterocycles. The Hall–Kier alpha value is -1.71. The van der Waals surface area contributed by atoms with Crippen LogP contribution in [-0.2, 0) is 0 Å². The number of ketones is 1. The van der Waals surface area contributed by atoms with Gasteiger partial charge in [0.05, 0.1) is 11.8 Å². The van der Waals surface area contributed by atoms with Crippen LogP contribution in [0, 0.1) is 0 Å². The minimum atomic E-state index is 0.0200. The zero-order valence-corrected chi connectivity index (χ0v) is 6.53. The smallest absolute Gasteiger partial charge is 0.178 e. The maximum absolute atomic E-state index is 11.1. The largest absolute Gasteiger partial charge is 0.343 e. The zero-order valence-electron chi connectivity index (χ0n) is 6.53. The van der Waals surface area contributed by atoms with E-state index in [9.17, 15) is 4.79 Å². The molecule has 0 fully saturated rings. The maximum atomic E-state index is 11.1. The van der Waals surface area contributed by atoms with E-state index in [1.807, 2.05) is 0 Å². The van der Waals surface area contributed by atoms with E-state index in [0.29, 0.717) is 16.7 Å². The van der Waals surface area contributed by atoms with E-state index in [1.54, 1.807) is 12.3 Å². The molecule has 2 heterocycles. The first-order chi connectivity index (χ1) is 5.79. The van der Waals surface area contributed by atoms with Crippen molar-refractivity contribution in [1.29, 1.82) is 0 Å². The summed E-state index contributed by atoms with van der Waals surface area (Å²) in [6.45, 7) is 1.52. The van der Waals surface area contributed by atoms with E-state index in [-0.39, 0.29) is 5.78 Å². The molecule has 2 rings (SSSR count). The summed E-state index contributed by atoms with van der Waals surface area (Å²) < 4.78 is 0. The van der Waals surface area contributed by atoms with E-state index >= 15 is 0 Å². The Morgan fingerprint density at radius 2 is 2.33 bits per heavy atom. The Kier molecular flexibility index (Phi) is 1.40. The number of nitrogens with one attached hydrogen (secondary N) is 1. The number of pyridine rings is 1. The number of Topliss-reactive ketones (excluding diaryl/α,β-unsaturated/α-hetero) is 1. The molecule has 0 spiro atoms. The Bertz CT molecular complexity index is 433. The van der Waals surface area contributed by atoms with Gasteiger partial charge in [-0.25, -0.2) is 9.97 Å². The Morgan fingerprint density at radius 1 is 1.50 bits per heavy atom. The number of nitrogens with zero attached hydrogens (tertiary/aromatic N) is 2. The van der Waals surface area contributed by atoms with Crippen LogP contribution in [0.4, 0.5) is 0 Å². The monoisotopic (exact) mass is 161 g/mol. The summed E-state index contributed by atoms with van der Waals surface area (Å²) in [5.41, 5.74) is 1.94. The third kappa shape index (κ3) is 0.887. The van der Waals surface area contributed by atoms with Crippen LogP contribution >= 0.6 is 0 Å². The van der Waals surface area contributed by atoms with Gasteiger partial charge in [-0.1, -0.05) is 0 Å². The molecule has 2 aromatic rings. The molecule has 0 amide bonds. The summed E-state index contributed by atoms with van der Waals surface area (Å²) in [5, 5.41) is 0. The van der Waals surface area contributed by atoms with Crippen LogP contribution in [0.2, 0.25) is 0 Å². The lowest BCUT2D eigenvalue weighted by Gasteiger charge is -1.94. The first-order valence-corrected chi connectivity index (χ1v) is 3.58. The number of hydrogen-bond donors (Lipinski definition) is 1. The van der Waals surface area contributed by atoms with Crippen LogP contribution in [-0.4, -0.2) is 20.7 Å². The molecule has 0 aliphatic carbocycles. The van der Waals surface area contributed by atoms with Gasteiger partial charge in [-0.3, -0.25) is 4.79 Å². The molecule has 0 radical (unpaired) electrons. The first kappa shape index (κ1) is 6.97. The lowest BCUT2D eigenvalue weighted by atomic mass is 10.2. The molecular formula is C8H7N3O. The average Bonchev–Trinajstić information content (AvgIpc) is 2.49. The van der Waals surface area contributed by atoms with Crippen LogP contribution in [0.5, 0.6) is 0 Å². The van der Waals surface area contributed by atoms with Gasteiger partial charge in [0, 0.05) is 11.8 Å². The average molecular weight is 161 g/mol. The molecule has 1 N–H and O–H groups in total. The molecule has 2 aromatic heterocycles. The van der Waals surface area contributed by atoms with Crippen molar-refractivity contribution in [2.75, 3.05) is 0 Å². The highest BCUT2D eigenvalue weighted by atomic mass is 16.1. The second-order valence-corrected chi connectivity index (χ2v) is 2.52. The maximum Gasteiger partial charge on any atom is 0.178 e. The fourth-order valence-corrected chi connectivity index (χ4v) is 1.14. The van der Waals surface area contributed by atoms with Gasteiger partial charge in [-0.15, -0.1) is 0 Å². The molecule has 4 heteroatoms. The topological polar surface area (TPSA) is 58.6 Å². The van der Waals surface area contributed by atoms with Crippen LogP contribution in [0.15, 0.2) is 18.6 Å². The number of carbonyl (C=O) groups excluding carboxylic acids is 1. The van der Waals surface area contributed by atoms with Gasteiger partial charge in [-0.2, -0.15) is 0 Å². The number of H-pyrrole nitrogens is 1. The van der Waals surface area contributed by atoms with Crippen molar-refractivity contribution in [2.45, 2.75) is 6.92 Å². The number of fused-ring (bicyclic) bond motifs is 1. The van der Waals surface area contributed by atoms with E-state index in [4.69, 9.17) is 0 Å². The third-order valence-corrected chi connectivity index (χ3v) is 1.71. The SMILES string of the molecule is CC(=O)c1ccnc2nc[nH]c12. The van der Waals surface area contributed by atoms with Crippen LogP contribution in [0.1, 0.15) is 17.3 Å². The summed E-state index contributed by atoms with van der Waals surface area (Å²) in [6, 6.07) is 1.68. The summed E-state index contributed by atoms with van der Waals surface area (Å²) in [7, 11) is 0. The summed E-state index contributed by atoms with van der Waals surface area (Å²) >= 11 is 0. The Balaban J connectivity index is 2.82. The van der Waals surface area contributed by atoms with Crippen molar-refractivity contribution in [2.24, 2.45) is 0 Å². The molecule has 0 saturated carbocycles. The minimum Gasteiger partial charge on any atom is -0.343 e. The molecule has 0 atom stereocenters. The summed E-state index contributed by atoms with van der Waals surface area (Å²) in [5.74, 6) is 0.0200. The minimum absolute atomic E-state index is 0.0200. The first-order valence-electron chi connectivity index (χ1n) is 3.58. The van der Waals surface area contributed by atoms with E-state index < -0.39 is 0 Å². The fourth-order valence-electron chi connectivity index (χ4n) is 1.14. The van der Waals surface area contributed by atoms with Crippen molar-refractivity contribution in [3.05, 3.63) is 24.2 Å². The highest BCUT2D eigenvalue weighted by molar-refractivity contribution is 6.03. The molecule has 4 nitrogen and oxygen atoms in total. The molecule has 0 aliphatic heterocycles. The predicted molar refractivity (Wildman–Crippen MR) is 43.9 cm³/mol.